The average molecular weight is 278 g/mol. The van der Waals surface area contributed by atoms with E-state index in [4.69, 9.17) is 11.6 Å². The van der Waals surface area contributed by atoms with Crippen molar-refractivity contribution in [2.24, 2.45) is 0 Å². The summed E-state index contributed by atoms with van der Waals surface area (Å²) < 4.78 is 0. The Morgan fingerprint density at radius 1 is 1.32 bits per heavy atom. The van der Waals surface area contributed by atoms with E-state index in [2.05, 4.69) is 30.1 Å². The van der Waals surface area contributed by atoms with Gasteiger partial charge in [0.05, 0.1) is 16.8 Å². The van der Waals surface area contributed by atoms with Crippen LogP contribution in [-0.4, -0.2) is 29.6 Å². The first-order valence-electron chi connectivity index (χ1n) is 6.74. The standard InChI is InChI=1S/C15H20ClN3/c1-12(2)19-9-7-15(11-17,8-10-19)18-14-6-4-3-5-13(14)16/h3-6,12,18H,7-10H2,1-2H3. The van der Waals surface area contributed by atoms with E-state index in [9.17, 15) is 5.26 Å². The van der Waals surface area contributed by atoms with Gasteiger partial charge < -0.3 is 10.2 Å². The highest BCUT2D eigenvalue weighted by Crippen LogP contribution is 2.30. The number of hydrogen-bond acceptors (Lipinski definition) is 3. The molecule has 1 heterocycles. The van der Waals surface area contributed by atoms with Crippen LogP contribution in [0.15, 0.2) is 24.3 Å². The molecule has 1 N–H and O–H groups in total. The van der Waals surface area contributed by atoms with Crippen molar-refractivity contribution in [2.75, 3.05) is 18.4 Å². The van der Waals surface area contributed by atoms with Crippen LogP contribution in [0.4, 0.5) is 5.69 Å². The van der Waals surface area contributed by atoms with Crippen LogP contribution in [0.5, 0.6) is 0 Å². The number of anilines is 1. The Balaban J connectivity index is 2.10. The minimum Gasteiger partial charge on any atom is -0.366 e. The summed E-state index contributed by atoms with van der Waals surface area (Å²) in [5.74, 6) is 0. The lowest BCUT2D eigenvalue weighted by Gasteiger charge is -2.40. The summed E-state index contributed by atoms with van der Waals surface area (Å²) in [6, 6.07) is 10.6. The highest BCUT2D eigenvalue weighted by atomic mass is 35.5. The maximum absolute atomic E-state index is 9.54. The molecule has 1 fully saturated rings. The fraction of sp³-hybridized carbons (Fsp3) is 0.533. The first-order valence-corrected chi connectivity index (χ1v) is 7.12. The maximum atomic E-state index is 9.54. The number of nitriles is 1. The van der Waals surface area contributed by atoms with Crippen molar-refractivity contribution in [1.82, 2.24) is 4.90 Å². The smallest absolute Gasteiger partial charge is 0.127 e. The third kappa shape index (κ3) is 3.20. The van der Waals surface area contributed by atoms with Crippen molar-refractivity contribution in [2.45, 2.75) is 38.3 Å². The molecule has 0 radical (unpaired) electrons. The van der Waals surface area contributed by atoms with Gasteiger partial charge in [0.1, 0.15) is 5.54 Å². The van der Waals surface area contributed by atoms with Crippen LogP contribution in [0.25, 0.3) is 0 Å². The van der Waals surface area contributed by atoms with Gasteiger partial charge in [-0.2, -0.15) is 5.26 Å². The lowest BCUT2D eigenvalue weighted by Crippen LogP contribution is -2.50. The van der Waals surface area contributed by atoms with E-state index in [1.54, 1.807) is 0 Å². The third-order valence-electron chi connectivity index (χ3n) is 3.84. The molecule has 0 bridgehead atoms. The third-order valence-corrected chi connectivity index (χ3v) is 4.17. The molecule has 19 heavy (non-hydrogen) atoms. The van der Waals surface area contributed by atoms with E-state index in [1.807, 2.05) is 24.3 Å². The first kappa shape index (κ1) is 14.2. The van der Waals surface area contributed by atoms with Crippen LogP contribution in [0.3, 0.4) is 0 Å². The van der Waals surface area contributed by atoms with E-state index in [1.165, 1.54) is 0 Å². The van der Waals surface area contributed by atoms with Crippen LogP contribution >= 0.6 is 11.6 Å². The van der Waals surface area contributed by atoms with E-state index in [0.29, 0.717) is 11.1 Å². The molecule has 0 aromatic heterocycles. The Kier molecular flexibility index (Phi) is 4.34. The number of halogens is 1. The zero-order valence-corrected chi connectivity index (χ0v) is 12.2. The highest BCUT2D eigenvalue weighted by Gasteiger charge is 2.35. The predicted octanol–water partition coefficient (Wildman–Crippen LogP) is 3.52. The van der Waals surface area contributed by atoms with Gasteiger partial charge in [0.2, 0.25) is 0 Å². The molecule has 0 spiro atoms. The summed E-state index contributed by atoms with van der Waals surface area (Å²) in [5.41, 5.74) is 0.361. The zero-order valence-electron chi connectivity index (χ0n) is 11.5. The van der Waals surface area contributed by atoms with Gasteiger partial charge >= 0.3 is 0 Å². The van der Waals surface area contributed by atoms with Crippen molar-refractivity contribution in [1.29, 1.82) is 5.26 Å². The fourth-order valence-corrected chi connectivity index (χ4v) is 2.69. The van der Waals surface area contributed by atoms with Crippen molar-refractivity contribution in [3.05, 3.63) is 29.3 Å². The molecule has 0 unspecified atom stereocenters. The predicted molar refractivity (Wildman–Crippen MR) is 79.4 cm³/mol. The number of likely N-dealkylation sites (tertiary alicyclic amines) is 1. The van der Waals surface area contributed by atoms with Crippen LogP contribution in [0, 0.1) is 11.3 Å². The van der Waals surface area contributed by atoms with Crippen molar-refractivity contribution < 1.29 is 0 Å². The largest absolute Gasteiger partial charge is 0.366 e. The summed E-state index contributed by atoms with van der Waals surface area (Å²) in [7, 11) is 0. The molecule has 1 aliphatic heterocycles. The average Bonchev–Trinajstić information content (AvgIpc) is 2.42. The number of para-hydroxylation sites is 1. The molecule has 3 nitrogen and oxygen atoms in total. The van der Waals surface area contributed by atoms with E-state index >= 15 is 0 Å². The lowest BCUT2D eigenvalue weighted by molar-refractivity contribution is 0.160. The van der Waals surface area contributed by atoms with Gasteiger partial charge in [0.25, 0.3) is 0 Å². The van der Waals surface area contributed by atoms with E-state index in [0.717, 1.165) is 31.6 Å². The summed E-state index contributed by atoms with van der Waals surface area (Å²) in [6.45, 7) is 6.28. The molecule has 102 valence electrons. The Morgan fingerprint density at radius 2 is 1.95 bits per heavy atom. The summed E-state index contributed by atoms with van der Waals surface area (Å²) in [4.78, 5) is 2.41. The zero-order chi connectivity index (χ0) is 13.9. The monoisotopic (exact) mass is 277 g/mol. The quantitative estimate of drug-likeness (QED) is 0.919. The van der Waals surface area contributed by atoms with Gasteiger partial charge in [-0.15, -0.1) is 0 Å². The molecule has 1 saturated heterocycles. The molecule has 0 saturated carbocycles. The molecule has 0 atom stereocenters. The lowest BCUT2D eigenvalue weighted by atomic mass is 9.88. The number of hydrogen-bond donors (Lipinski definition) is 1. The molecule has 4 heteroatoms. The van der Waals surface area contributed by atoms with Crippen molar-refractivity contribution in [3.8, 4) is 6.07 Å². The van der Waals surface area contributed by atoms with Gasteiger partial charge in [-0.25, -0.2) is 0 Å². The number of nitrogens with one attached hydrogen (secondary N) is 1. The molecular weight excluding hydrogens is 258 g/mol. The van der Waals surface area contributed by atoms with Crippen LogP contribution in [0.1, 0.15) is 26.7 Å². The molecule has 1 aliphatic rings. The minimum atomic E-state index is -0.490. The number of nitrogens with zero attached hydrogens (tertiary/aromatic N) is 2. The van der Waals surface area contributed by atoms with Crippen LogP contribution in [0.2, 0.25) is 5.02 Å². The first-order chi connectivity index (χ1) is 9.06. The summed E-state index contributed by atoms with van der Waals surface area (Å²) in [6.07, 6.45) is 1.65. The Bertz CT molecular complexity index is 471. The molecule has 2 rings (SSSR count). The number of rotatable bonds is 3. The Hall–Kier alpha value is -1.24. The second kappa shape index (κ2) is 5.81. The maximum Gasteiger partial charge on any atom is 0.127 e. The Morgan fingerprint density at radius 3 is 2.47 bits per heavy atom. The van der Waals surface area contributed by atoms with Gasteiger partial charge in [-0.1, -0.05) is 23.7 Å². The Labute approximate surface area is 120 Å². The molecular formula is C15H20ClN3. The molecule has 1 aromatic carbocycles. The molecule has 0 amide bonds. The van der Waals surface area contributed by atoms with Gasteiger partial charge in [-0.3, -0.25) is 0 Å². The van der Waals surface area contributed by atoms with Crippen molar-refractivity contribution >= 4 is 17.3 Å². The van der Waals surface area contributed by atoms with Gasteiger partial charge in [0, 0.05) is 19.1 Å². The van der Waals surface area contributed by atoms with Crippen LogP contribution in [-0.2, 0) is 0 Å². The normalized spacial score (nSPS) is 19.1. The van der Waals surface area contributed by atoms with Gasteiger partial charge in [-0.05, 0) is 38.8 Å². The SMILES string of the molecule is CC(C)N1CCC(C#N)(Nc2ccccc2Cl)CC1. The second-order valence-corrected chi connectivity index (χ2v) is 5.84. The topological polar surface area (TPSA) is 39.1 Å². The number of benzene rings is 1. The van der Waals surface area contributed by atoms with E-state index < -0.39 is 5.54 Å². The number of piperidine rings is 1. The minimum absolute atomic E-state index is 0.490. The van der Waals surface area contributed by atoms with Crippen LogP contribution < -0.4 is 5.32 Å². The fourth-order valence-electron chi connectivity index (χ4n) is 2.51. The molecule has 0 aliphatic carbocycles. The second-order valence-electron chi connectivity index (χ2n) is 5.43. The summed E-state index contributed by atoms with van der Waals surface area (Å²) in [5, 5.41) is 13.6. The summed E-state index contributed by atoms with van der Waals surface area (Å²) >= 11 is 6.16. The highest BCUT2D eigenvalue weighted by molar-refractivity contribution is 6.33. The van der Waals surface area contributed by atoms with E-state index in [-0.39, 0.29) is 0 Å². The molecule has 1 aromatic rings. The van der Waals surface area contributed by atoms with Crippen molar-refractivity contribution in [3.63, 3.8) is 0 Å². The van der Waals surface area contributed by atoms with Gasteiger partial charge in [0.15, 0.2) is 0 Å².